The predicted molar refractivity (Wildman–Crippen MR) is 97.1 cm³/mol. The van der Waals surface area contributed by atoms with Crippen LogP contribution in [-0.2, 0) is 6.54 Å². The second-order valence-electron chi connectivity index (χ2n) is 5.74. The molecular formula is C20H16N4O2. The summed E-state index contributed by atoms with van der Waals surface area (Å²) in [4.78, 5) is 16.6. The van der Waals surface area contributed by atoms with E-state index >= 15 is 0 Å². The molecule has 4 aromatic rings. The molecule has 0 radical (unpaired) electrons. The topological polar surface area (TPSA) is 83.8 Å². The number of hydrogen-bond acceptors (Lipinski definition) is 4. The summed E-state index contributed by atoms with van der Waals surface area (Å²) >= 11 is 0. The zero-order valence-electron chi connectivity index (χ0n) is 13.8. The van der Waals surface area contributed by atoms with Gasteiger partial charge in [-0.25, -0.2) is 0 Å². The number of H-pyrrole nitrogens is 1. The summed E-state index contributed by atoms with van der Waals surface area (Å²) in [6, 6.07) is 18.9. The molecule has 0 aliphatic rings. The van der Waals surface area contributed by atoms with E-state index in [1.807, 2.05) is 54.6 Å². The van der Waals surface area contributed by atoms with Crippen molar-refractivity contribution in [1.29, 1.82) is 0 Å². The molecule has 26 heavy (non-hydrogen) atoms. The van der Waals surface area contributed by atoms with Crippen LogP contribution in [0.15, 0.2) is 77.5 Å². The lowest BCUT2D eigenvalue weighted by molar-refractivity contribution is 0.0946. The second-order valence-corrected chi connectivity index (χ2v) is 5.74. The number of nitrogens with zero attached hydrogens (tertiary/aromatic N) is 2. The van der Waals surface area contributed by atoms with Crippen molar-refractivity contribution in [3.8, 4) is 22.7 Å². The van der Waals surface area contributed by atoms with Crippen molar-refractivity contribution in [1.82, 2.24) is 20.5 Å². The van der Waals surface area contributed by atoms with E-state index in [9.17, 15) is 4.79 Å². The van der Waals surface area contributed by atoms with Crippen molar-refractivity contribution in [2.24, 2.45) is 0 Å². The maximum absolute atomic E-state index is 12.4. The predicted octanol–water partition coefficient (Wildman–Crippen LogP) is 3.66. The van der Waals surface area contributed by atoms with E-state index in [0.717, 1.165) is 22.5 Å². The molecule has 3 heterocycles. The minimum Gasteiger partial charge on any atom is -0.463 e. The van der Waals surface area contributed by atoms with Crippen LogP contribution < -0.4 is 5.32 Å². The maximum Gasteiger partial charge on any atom is 0.269 e. The van der Waals surface area contributed by atoms with Crippen molar-refractivity contribution in [3.05, 3.63) is 84.4 Å². The van der Waals surface area contributed by atoms with Crippen LogP contribution in [0.5, 0.6) is 0 Å². The van der Waals surface area contributed by atoms with Crippen LogP contribution in [0.1, 0.15) is 16.1 Å². The summed E-state index contributed by atoms with van der Waals surface area (Å²) in [7, 11) is 0. The fourth-order valence-electron chi connectivity index (χ4n) is 2.62. The second kappa shape index (κ2) is 7.06. The van der Waals surface area contributed by atoms with Gasteiger partial charge in [-0.2, -0.15) is 5.10 Å². The lowest BCUT2D eigenvalue weighted by Gasteiger charge is -2.05. The van der Waals surface area contributed by atoms with Gasteiger partial charge in [-0.15, -0.1) is 0 Å². The van der Waals surface area contributed by atoms with Crippen molar-refractivity contribution in [2.75, 3.05) is 0 Å². The normalized spacial score (nSPS) is 10.6. The summed E-state index contributed by atoms with van der Waals surface area (Å²) in [5, 5.41) is 9.87. The molecule has 0 fully saturated rings. The van der Waals surface area contributed by atoms with Crippen LogP contribution in [0.3, 0.4) is 0 Å². The van der Waals surface area contributed by atoms with Gasteiger partial charge in [0.05, 0.1) is 12.0 Å². The Labute approximate surface area is 149 Å². The molecule has 6 heteroatoms. The smallest absolute Gasteiger partial charge is 0.269 e. The summed E-state index contributed by atoms with van der Waals surface area (Å²) in [6.45, 7) is 0.384. The van der Waals surface area contributed by atoms with Gasteiger partial charge in [-0.1, -0.05) is 30.3 Å². The third-order valence-corrected chi connectivity index (χ3v) is 3.94. The number of rotatable bonds is 5. The van der Waals surface area contributed by atoms with Gasteiger partial charge >= 0.3 is 0 Å². The third-order valence-electron chi connectivity index (χ3n) is 3.94. The van der Waals surface area contributed by atoms with Crippen LogP contribution in [0, 0.1) is 0 Å². The van der Waals surface area contributed by atoms with Crippen LogP contribution in [0.2, 0.25) is 0 Å². The fraction of sp³-hybridized carbons (Fsp3) is 0.0500. The van der Waals surface area contributed by atoms with Gasteiger partial charge in [-0.05, 0) is 35.9 Å². The summed E-state index contributed by atoms with van der Waals surface area (Å²) < 4.78 is 5.35. The lowest BCUT2D eigenvalue weighted by Crippen LogP contribution is -2.23. The summed E-state index contributed by atoms with van der Waals surface area (Å²) in [5.41, 5.74) is 3.78. The number of pyridine rings is 1. The molecule has 0 spiro atoms. The number of furan rings is 1. The molecule has 0 aliphatic heterocycles. The highest BCUT2D eigenvalue weighted by Crippen LogP contribution is 2.19. The molecule has 0 saturated heterocycles. The molecule has 1 aromatic carbocycles. The highest BCUT2D eigenvalue weighted by Gasteiger charge is 2.11. The molecule has 6 nitrogen and oxygen atoms in total. The van der Waals surface area contributed by atoms with E-state index in [0.29, 0.717) is 18.0 Å². The van der Waals surface area contributed by atoms with Crippen LogP contribution in [0.4, 0.5) is 0 Å². The monoisotopic (exact) mass is 344 g/mol. The molecule has 128 valence electrons. The molecule has 0 unspecified atom stereocenters. The number of carbonyl (C=O) groups excluding carboxylic acids is 1. The van der Waals surface area contributed by atoms with Gasteiger partial charge in [-0.3, -0.25) is 14.9 Å². The number of aromatic amines is 1. The zero-order valence-corrected chi connectivity index (χ0v) is 13.8. The number of amides is 1. The zero-order chi connectivity index (χ0) is 17.8. The van der Waals surface area contributed by atoms with Gasteiger partial charge in [0.15, 0.2) is 5.76 Å². The molecule has 0 saturated carbocycles. The largest absolute Gasteiger partial charge is 0.463 e. The molecular weight excluding hydrogens is 328 g/mol. The molecule has 4 rings (SSSR count). The molecule has 0 bridgehead atoms. The van der Waals surface area contributed by atoms with E-state index in [-0.39, 0.29) is 5.91 Å². The molecule has 1 amide bonds. The summed E-state index contributed by atoms with van der Waals surface area (Å²) in [6.07, 6.45) is 3.30. The average molecular weight is 344 g/mol. The van der Waals surface area contributed by atoms with Gasteiger partial charge < -0.3 is 9.73 Å². The standard InChI is InChI=1S/C20H16N4O2/c25-20(18-12-16(23-24-18)15-5-2-1-3-6-15)22-13-14-8-9-21-17(11-14)19-7-4-10-26-19/h1-12H,13H2,(H,22,25)(H,23,24). The van der Waals surface area contributed by atoms with Crippen molar-refractivity contribution in [3.63, 3.8) is 0 Å². The Kier molecular flexibility index (Phi) is 4.30. The molecule has 0 aliphatic carbocycles. The van der Waals surface area contributed by atoms with E-state index < -0.39 is 0 Å². The Balaban J connectivity index is 1.43. The number of benzene rings is 1. The van der Waals surface area contributed by atoms with Gasteiger partial charge in [0.25, 0.3) is 5.91 Å². The Morgan fingerprint density at radius 3 is 2.73 bits per heavy atom. The first kappa shape index (κ1) is 15.8. The Morgan fingerprint density at radius 1 is 1.04 bits per heavy atom. The quantitative estimate of drug-likeness (QED) is 0.579. The SMILES string of the molecule is O=C(NCc1ccnc(-c2ccco2)c1)c1cc(-c2ccccc2)n[nH]1. The number of aromatic nitrogens is 3. The van der Waals surface area contributed by atoms with E-state index in [1.54, 1.807) is 18.5 Å². The first-order valence-corrected chi connectivity index (χ1v) is 8.17. The number of carbonyl (C=O) groups is 1. The Morgan fingerprint density at radius 2 is 1.92 bits per heavy atom. The molecule has 2 N–H and O–H groups in total. The first-order chi connectivity index (χ1) is 12.8. The lowest BCUT2D eigenvalue weighted by atomic mass is 10.1. The van der Waals surface area contributed by atoms with Crippen LogP contribution >= 0.6 is 0 Å². The van der Waals surface area contributed by atoms with Crippen molar-refractivity contribution < 1.29 is 9.21 Å². The highest BCUT2D eigenvalue weighted by molar-refractivity contribution is 5.93. The highest BCUT2D eigenvalue weighted by atomic mass is 16.3. The van der Waals surface area contributed by atoms with E-state index in [2.05, 4.69) is 20.5 Å². The van der Waals surface area contributed by atoms with Crippen LogP contribution in [0.25, 0.3) is 22.7 Å². The Hall–Kier alpha value is -3.67. The van der Waals surface area contributed by atoms with Gasteiger partial charge in [0.2, 0.25) is 0 Å². The summed E-state index contributed by atoms with van der Waals surface area (Å²) in [5.74, 6) is 0.482. The van der Waals surface area contributed by atoms with Crippen molar-refractivity contribution in [2.45, 2.75) is 6.54 Å². The minimum absolute atomic E-state index is 0.212. The van der Waals surface area contributed by atoms with Crippen molar-refractivity contribution >= 4 is 5.91 Å². The minimum atomic E-state index is -0.212. The van der Waals surface area contributed by atoms with Crippen LogP contribution in [-0.4, -0.2) is 21.1 Å². The van der Waals surface area contributed by atoms with Gasteiger partial charge in [0.1, 0.15) is 11.4 Å². The van der Waals surface area contributed by atoms with E-state index in [1.165, 1.54) is 0 Å². The number of hydrogen-bond donors (Lipinski definition) is 2. The first-order valence-electron chi connectivity index (χ1n) is 8.17. The number of nitrogens with one attached hydrogen (secondary N) is 2. The van der Waals surface area contributed by atoms with E-state index in [4.69, 9.17) is 4.42 Å². The maximum atomic E-state index is 12.4. The molecule has 0 atom stereocenters. The molecule has 3 aromatic heterocycles. The average Bonchev–Trinajstić information content (AvgIpc) is 3.39. The fourth-order valence-corrected chi connectivity index (χ4v) is 2.62. The Bertz CT molecular complexity index is 1010. The third kappa shape index (κ3) is 3.39. The van der Waals surface area contributed by atoms with Gasteiger partial charge in [0, 0.05) is 18.3 Å².